The van der Waals surface area contributed by atoms with Gasteiger partial charge in [0, 0.05) is 11.8 Å². The largest absolute Gasteiger partial charge is 0.508 e. The van der Waals surface area contributed by atoms with E-state index in [4.69, 9.17) is 9.47 Å². The Hall–Kier alpha value is -3.27. The van der Waals surface area contributed by atoms with Crippen molar-refractivity contribution in [1.82, 2.24) is 0 Å². The molecule has 3 aromatic rings. The van der Waals surface area contributed by atoms with Crippen LogP contribution in [0.1, 0.15) is 41.0 Å². The van der Waals surface area contributed by atoms with E-state index in [0.717, 1.165) is 28.0 Å². The van der Waals surface area contributed by atoms with Crippen molar-refractivity contribution < 1.29 is 19.4 Å². The highest BCUT2D eigenvalue weighted by Gasteiger charge is 2.46. The van der Waals surface area contributed by atoms with Crippen molar-refractivity contribution in [3.05, 3.63) is 95.1 Å². The van der Waals surface area contributed by atoms with E-state index in [2.05, 4.69) is 12.1 Å². The highest BCUT2D eigenvalue weighted by atomic mass is 16.5. The molecule has 4 heteroatoms. The van der Waals surface area contributed by atoms with Gasteiger partial charge in [-0.15, -0.1) is 0 Å². The second-order valence-corrected chi connectivity index (χ2v) is 7.23. The fourth-order valence-corrected chi connectivity index (χ4v) is 4.43. The zero-order valence-electron chi connectivity index (χ0n) is 16.5. The summed E-state index contributed by atoms with van der Waals surface area (Å²) in [6, 6.07) is 23.2. The van der Waals surface area contributed by atoms with Crippen molar-refractivity contribution in [1.29, 1.82) is 0 Å². The van der Waals surface area contributed by atoms with E-state index in [9.17, 15) is 9.90 Å². The van der Waals surface area contributed by atoms with Crippen LogP contribution in [-0.4, -0.2) is 24.8 Å². The molecule has 0 fully saturated rings. The van der Waals surface area contributed by atoms with E-state index >= 15 is 0 Å². The third kappa shape index (κ3) is 3.46. The topological polar surface area (TPSA) is 55.8 Å². The average molecular weight is 388 g/mol. The fourth-order valence-electron chi connectivity index (χ4n) is 4.43. The van der Waals surface area contributed by atoms with Gasteiger partial charge in [0.25, 0.3) is 0 Å². The van der Waals surface area contributed by atoms with Gasteiger partial charge in [0.1, 0.15) is 11.5 Å². The number of phenols is 1. The molecule has 1 aliphatic carbocycles. The lowest BCUT2D eigenvalue weighted by molar-refractivity contribution is -0.148. The third-order valence-electron chi connectivity index (χ3n) is 5.67. The van der Waals surface area contributed by atoms with Crippen molar-refractivity contribution in [3.63, 3.8) is 0 Å². The Kier molecular flexibility index (Phi) is 5.26. The number of carbonyl (C=O) groups is 1. The molecule has 1 N–H and O–H groups in total. The Bertz CT molecular complexity index is 992. The number of ether oxygens (including phenoxy) is 2. The number of fused-ring (bicyclic) bond motifs is 1. The van der Waals surface area contributed by atoms with Crippen molar-refractivity contribution in [2.45, 2.75) is 18.8 Å². The summed E-state index contributed by atoms with van der Waals surface area (Å²) >= 11 is 0. The highest BCUT2D eigenvalue weighted by molar-refractivity contribution is 5.79. The van der Waals surface area contributed by atoms with E-state index in [1.54, 1.807) is 19.2 Å². The summed E-state index contributed by atoms with van der Waals surface area (Å²) < 4.78 is 10.8. The standard InChI is InChI=1S/C25H24O4/c1-3-29-25(27)24-22(16-8-12-18(26)13-9-16)20-6-4-5-7-21(20)23(24)17-10-14-19(28-2)15-11-17/h4-15,22-24,26H,3H2,1-2H3. The average Bonchev–Trinajstić information content (AvgIpc) is 3.10. The maximum atomic E-state index is 13.2. The fraction of sp³-hybridized carbons (Fsp3) is 0.240. The molecule has 4 rings (SSSR count). The number of hydrogen-bond donors (Lipinski definition) is 1. The molecule has 0 bridgehead atoms. The number of carbonyl (C=O) groups excluding carboxylic acids is 1. The lowest BCUT2D eigenvalue weighted by Gasteiger charge is -2.25. The number of benzene rings is 3. The number of phenolic OH excluding ortho intramolecular Hbond substituents is 1. The number of aromatic hydroxyl groups is 1. The van der Waals surface area contributed by atoms with Gasteiger partial charge in [0.15, 0.2) is 0 Å². The molecule has 0 amide bonds. The van der Waals surface area contributed by atoms with Gasteiger partial charge in [0.05, 0.1) is 19.6 Å². The minimum absolute atomic E-state index is 0.116. The van der Waals surface area contributed by atoms with Crippen LogP contribution in [0.25, 0.3) is 0 Å². The number of esters is 1. The monoisotopic (exact) mass is 388 g/mol. The minimum atomic E-state index is -0.384. The van der Waals surface area contributed by atoms with E-state index in [-0.39, 0.29) is 29.5 Å². The van der Waals surface area contributed by atoms with Crippen molar-refractivity contribution in [2.24, 2.45) is 5.92 Å². The highest BCUT2D eigenvalue weighted by Crippen LogP contribution is 2.53. The van der Waals surface area contributed by atoms with Crippen molar-refractivity contribution in [2.75, 3.05) is 13.7 Å². The predicted octanol–water partition coefficient (Wildman–Crippen LogP) is 4.86. The van der Waals surface area contributed by atoms with Gasteiger partial charge in [-0.05, 0) is 53.4 Å². The molecule has 3 atom stereocenters. The molecule has 0 saturated heterocycles. The van der Waals surface area contributed by atoms with Crippen molar-refractivity contribution in [3.8, 4) is 11.5 Å². The predicted molar refractivity (Wildman–Crippen MR) is 111 cm³/mol. The first-order valence-corrected chi connectivity index (χ1v) is 9.82. The van der Waals surface area contributed by atoms with Crippen LogP contribution in [0.5, 0.6) is 11.5 Å². The van der Waals surface area contributed by atoms with E-state index in [0.29, 0.717) is 6.61 Å². The first-order chi connectivity index (χ1) is 14.1. The zero-order valence-corrected chi connectivity index (χ0v) is 16.5. The van der Waals surface area contributed by atoms with Crippen LogP contribution < -0.4 is 4.74 Å². The molecule has 3 aromatic carbocycles. The summed E-state index contributed by atoms with van der Waals surface area (Å²) in [4.78, 5) is 13.2. The molecule has 0 radical (unpaired) electrons. The van der Waals surface area contributed by atoms with E-state index in [1.807, 2.05) is 55.5 Å². The summed E-state index contributed by atoms with van der Waals surface area (Å²) in [6.07, 6.45) is 0. The Morgan fingerprint density at radius 3 is 1.86 bits per heavy atom. The van der Waals surface area contributed by atoms with Crippen LogP contribution in [0, 0.1) is 5.92 Å². The maximum absolute atomic E-state index is 13.2. The van der Waals surface area contributed by atoms with Crippen LogP contribution in [0.4, 0.5) is 0 Å². The molecule has 148 valence electrons. The summed E-state index contributed by atoms with van der Waals surface area (Å²) in [7, 11) is 1.64. The quantitative estimate of drug-likeness (QED) is 0.635. The molecular formula is C25H24O4. The van der Waals surface area contributed by atoms with Gasteiger partial charge in [-0.1, -0.05) is 48.5 Å². The molecule has 0 heterocycles. The Balaban J connectivity index is 1.88. The normalized spacial score (nSPS) is 20.1. The van der Waals surface area contributed by atoms with Gasteiger partial charge >= 0.3 is 5.97 Å². The molecule has 29 heavy (non-hydrogen) atoms. The lowest BCUT2D eigenvalue weighted by atomic mass is 9.79. The summed E-state index contributed by atoms with van der Waals surface area (Å²) in [5.41, 5.74) is 4.30. The number of methoxy groups -OCH3 is 1. The first kappa shape index (κ1) is 19.1. The van der Waals surface area contributed by atoms with Crippen molar-refractivity contribution >= 4 is 5.97 Å². The zero-order chi connectivity index (χ0) is 20.4. The molecule has 0 saturated carbocycles. The Labute approximate surface area is 170 Å². The lowest BCUT2D eigenvalue weighted by Crippen LogP contribution is -2.26. The maximum Gasteiger partial charge on any atom is 0.310 e. The number of hydrogen-bond acceptors (Lipinski definition) is 4. The Morgan fingerprint density at radius 2 is 1.38 bits per heavy atom. The minimum Gasteiger partial charge on any atom is -0.508 e. The summed E-state index contributed by atoms with van der Waals surface area (Å²) in [5, 5.41) is 9.73. The molecule has 0 aromatic heterocycles. The van der Waals surface area contributed by atoms with Gasteiger partial charge < -0.3 is 14.6 Å². The van der Waals surface area contributed by atoms with Crippen LogP contribution >= 0.6 is 0 Å². The van der Waals surface area contributed by atoms with Gasteiger partial charge in [0.2, 0.25) is 0 Å². The van der Waals surface area contributed by atoms with Gasteiger partial charge in [-0.2, -0.15) is 0 Å². The van der Waals surface area contributed by atoms with Crippen LogP contribution in [0.3, 0.4) is 0 Å². The van der Waals surface area contributed by atoms with E-state index in [1.165, 1.54) is 0 Å². The van der Waals surface area contributed by atoms with Crippen LogP contribution in [0.15, 0.2) is 72.8 Å². The van der Waals surface area contributed by atoms with E-state index < -0.39 is 0 Å². The second-order valence-electron chi connectivity index (χ2n) is 7.23. The molecule has 4 nitrogen and oxygen atoms in total. The van der Waals surface area contributed by atoms with Gasteiger partial charge in [-0.25, -0.2) is 0 Å². The van der Waals surface area contributed by atoms with Crippen LogP contribution in [0.2, 0.25) is 0 Å². The molecule has 3 unspecified atom stereocenters. The summed E-state index contributed by atoms with van der Waals surface area (Å²) in [6.45, 7) is 2.17. The molecule has 0 spiro atoms. The Morgan fingerprint density at radius 1 is 0.862 bits per heavy atom. The van der Waals surface area contributed by atoms with Gasteiger partial charge in [-0.3, -0.25) is 4.79 Å². The smallest absolute Gasteiger partial charge is 0.310 e. The SMILES string of the molecule is CCOC(=O)C1C(c2ccc(O)cc2)c2ccccc2C1c1ccc(OC)cc1. The number of rotatable bonds is 5. The molecule has 1 aliphatic rings. The molecular weight excluding hydrogens is 364 g/mol. The molecule has 0 aliphatic heterocycles. The summed E-state index contributed by atoms with van der Waals surface area (Å²) in [5.74, 6) is 0.142. The third-order valence-corrected chi connectivity index (χ3v) is 5.67. The second kappa shape index (κ2) is 8.00. The van der Waals surface area contributed by atoms with Crippen LogP contribution in [-0.2, 0) is 9.53 Å². The first-order valence-electron chi connectivity index (χ1n) is 9.82.